The number of rotatable bonds is 5. The van der Waals surface area contributed by atoms with Crippen LogP contribution in [0.2, 0.25) is 0 Å². The lowest BCUT2D eigenvalue weighted by Gasteiger charge is -2.35. The Morgan fingerprint density at radius 1 is 1.00 bits per heavy atom. The molecule has 0 aromatic heterocycles. The molecule has 2 heterocycles. The smallest absolute Gasteiger partial charge is 0.242 e. The van der Waals surface area contributed by atoms with E-state index in [1.165, 1.54) is 11.1 Å². The van der Waals surface area contributed by atoms with Gasteiger partial charge >= 0.3 is 0 Å². The number of hydrogen-bond donors (Lipinski definition) is 0. The molecule has 0 aliphatic carbocycles. The first-order valence-electron chi connectivity index (χ1n) is 11.1. The summed E-state index contributed by atoms with van der Waals surface area (Å²) in [5.74, 6) is 1.13. The number of carbonyl (C=O) groups is 2. The molecule has 1 fully saturated rings. The number of fused-ring (bicyclic) bond motifs is 1. The van der Waals surface area contributed by atoms with E-state index in [-0.39, 0.29) is 24.8 Å². The molecule has 4 rings (SSSR count). The van der Waals surface area contributed by atoms with Gasteiger partial charge in [0, 0.05) is 32.7 Å². The molecule has 0 radical (unpaired) electrons. The molecule has 0 atom stereocenters. The van der Waals surface area contributed by atoms with Crippen LogP contribution in [0.3, 0.4) is 0 Å². The van der Waals surface area contributed by atoms with Crippen molar-refractivity contribution in [1.29, 1.82) is 0 Å². The molecule has 2 aliphatic rings. The number of benzene rings is 2. The highest BCUT2D eigenvalue weighted by Gasteiger charge is 2.28. The van der Waals surface area contributed by atoms with Gasteiger partial charge in [0.15, 0.2) is 0 Å². The fraction of sp³-hybridized carbons (Fsp3) is 0.440. The molecule has 0 saturated carbocycles. The van der Waals surface area contributed by atoms with Crippen LogP contribution in [-0.2, 0) is 16.1 Å². The van der Waals surface area contributed by atoms with E-state index < -0.39 is 0 Å². The van der Waals surface area contributed by atoms with Crippen molar-refractivity contribution in [3.8, 4) is 5.75 Å². The van der Waals surface area contributed by atoms with Crippen molar-refractivity contribution in [2.24, 2.45) is 0 Å². The average Bonchev–Trinajstić information content (AvgIpc) is 2.93. The Kier molecular flexibility index (Phi) is 6.56. The standard InChI is InChI=1S/C25H31N3O3/c1-19(2)21-9-7-20(8-10-21)17-26-12-14-27(15-13-26)25(30)18-28-22-5-3-4-6-23(22)31-16-11-24(28)29/h3-10,19H,11-18H2,1-2H3. The summed E-state index contributed by atoms with van der Waals surface area (Å²) >= 11 is 0. The summed E-state index contributed by atoms with van der Waals surface area (Å²) in [6.45, 7) is 8.76. The number of piperazine rings is 1. The van der Waals surface area contributed by atoms with Crippen molar-refractivity contribution in [2.45, 2.75) is 32.7 Å². The maximum absolute atomic E-state index is 13.0. The Balaban J connectivity index is 1.32. The summed E-state index contributed by atoms with van der Waals surface area (Å²) in [5, 5.41) is 0. The summed E-state index contributed by atoms with van der Waals surface area (Å²) in [4.78, 5) is 31.4. The van der Waals surface area contributed by atoms with E-state index in [1.54, 1.807) is 4.90 Å². The molecule has 0 unspecified atom stereocenters. The summed E-state index contributed by atoms with van der Waals surface area (Å²) < 4.78 is 5.67. The Bertz CT molecular complexity index is 918. The number of amides is 2. The van der Waals surface area contributed by atoms with E-state index >= 15 is 0 Å². The Hall–Kier alpha value is -2.86. The van der Waals surface area contributed by atoms with Crippen LogP contribution in [0.5, 0.6) is 5.75 Å². The van der Waals surface area contributed by atoms with Crippen LogP contribution in [0.4, 0.5) is 5.69 Å². The van der Waals surface area contributed by atoms with Crippen LogP contribution in [0.15, 0.2) is 48.5 Å². The molecular weight excluding hydrogens is 390 g/mol. The van der Waals surface area contributed by atoms with Gasteiger partial charge in [0.05, 0.1) is 18.7 Å². The third kappa shape index (κ3) is 5.07. The van der Waals surface area contributed by atoms with Gasteiger partial charge in [-0.1, -0.05) is 50.2 Å². The molecule has 164 valence electrons. The minimum absolute atomic E-state index is 0.00834. The van der Waals surface area contributed by atoms with Crippen molar-refractivity contribution >= 4 is 17.5 Å². The highest BCUT2D eigenvalue weighted by molar-refractivity contribution is 6.00. The van der Waals surface area contributed by atoms with Gasteiger partial charge in [0.2, 0.25) is 11.8 Å². The first kappa shape index (κ1) is 21.4. The SMILES string of the molecule is CC(C)c1ccc(CN2CCN(C(=O)CN3C(=O)CCOc4ccccc43)CC2)cc1. The number of anilines is 1. The van der Waals surface area contributed by atoms with E-state index in [0.717, 1.165) is 19.6 Å². The second-order valence-electron chi connectivity index (χ2n) is 8.60. The Morgan fingerprint density at radius 3 is 2.42 bits per heavy atom. The molecule has 0 bridgehead atoms. The largest absolute Gasteiger partial charge is 0.491 e. The van der Waals surface area contributed by atoms with Crippen LogP contribution < -0.4 is 9.64 Å². The van der Waals surface area contributed by atoms with Gasteiger partial charge in [-0.05, 0) is 29.2 Å². The summed E-state index contributed by atoms with van der Waals surface area (Å²) in [7, 11) is 0. The number of ether oxygens (including phenoxy) is 1. The van der Waals surface area contributed by atoms with Gasteiger partial charge in [0.25, 0.3) is 0 Å². The molecule has 0 spiro atoms. The van der Waals surface area contributed by atoms with Gasteiger partial charge in [0.1, 0.15) is 12.3 Å². The zero-order valence-electron chi connectivity index (χ0n) is 18.4. The third-order valence-corrected chi connectivity index (χ3v) is 6.10. The lowest BCUT2D eigenvalue weighted by atomic mass is 10.0. The van der Waals surface area contributed by atoms with Gasteiger partial charge in [-0.3, -0.25) is 19.4 Å². The average molecular weight is 422 g/mol. The highest BCUT2D eigenvalue weighted by atomic mass is 16.5. The molecule has 2 amide bonds. The fourth-order valence-electron chi connectivity index (χ4n) is 4.15. The van der Waals surface area contributed by atoms with E-state index in [1.807, 2.05) is 29.2 Å². The Labute approximate surface area is 184 Å². The molecule has 2 aliphatic heterocycles. The minimum Gasteiger partial charge on any atom is -0.491 e. The monoisotopic (exact) mass is 421 g/mol. The maximum Gasteiger partial charge on any atom is 0.242 e. The first-order valence-corrected chi connectivity index (χ1v) is 11.1. The van der Waals surface area contributed by atoms with Crippen molar-refractivity contribution in [3.05, 3.63) is 59.7 Å². The summed E-state index contributed by atoms with van der Waals surface area (Å²) in [6, 6.07) is 16.3. The fourth-order valence-corrected chi connectivity index (χ4v) is 4.15. The van der Waals surface area contributed by atoms with Crippen molar-refractivity contribution < 1.29 is 14.3 Å². The lowest BCUT2D eigenvalue weighted by Crippen LogP contribution is -2.51. The van der Waals surface area contributed by atoms with Crippen LogP contribution in [-0.4, -0.2) is 60.9 Å². The molecule has 2 aromatic carbocycles. The normalized spacial score (nSPS) is 17.3. The first-order chi connectivity index (χ1) is 15.0. The predicted molar refractivity (Wildman–Crippen MR) is 121 cm³/mol. The highest BCUT2D eigenvalue weighted by Crippen LogP contribution is 2.31. The second-order valence-corrected chi connectivity index (χ2v) is 8.60. The van der Waals surface area contributed by atoms with E-state index in [9.17, 15) is 9.59 Å². The lowest BCUT2D eigenvalue weighted by molar-refractivity contribution is -0.133. The quantitative estimate of drug-likeness (QED) is 0.744. The van der Waals surface area contributed by atoms with Crippen molar-refractivity contribution in [3.63, 3.8) is 0 Å². The molecule has 6 heteroatoms. The van der Waals surface area contributed by atoms with Gasteiger partial charge < -0.3 is 9.64 Å². The predicted octanol–water partition coefficient (Wildman–Crippen LogP) is 3.27. The Morgan fingerprint density at radius 2 is 1.71 bits per heavy atom. The topological polar surface area (TPSA) is 53.1 Å². The minimum atomic E-state index is -0.0678. The van der Waals surface area contributed by atoms with E-state index in [2.05, 4.69) is 43.0 Å². The van der Waals surface area contributed by atoms with Crippen LogP contribution in [0, 0.1) is 0 Å². The van der Waals surface area contributed by atoms with Gasteiger partial charge in [-0.15, -0.1) is 0 Å². The van der Waals surface area contributed by atoms with E-state index in [0.29, 0.717) is 37.1 Å². The molecule has 1 saturated heterocycles. The van der Waals surface area contributed by atoms with Crippen LogP contribution in [0.1, 0.15) is 37.3 Å². The zero-order chi connectivity index (χ0) is 21.8. The van der Waals surface area contributed by atoms with Crippen LogP contribution >= 0.6 is 0 Å². The van der Waals surface area contributed by atoms with Crippen molar-refractivity contribution in [1.82, 2.24) is 9.80 Å². The van der Waals surface area contributed by atoms with Gasteiger partial charge in [-0.2, -0.15) is 0 Å². The zero-order valence-corrected chi connectivity index (χ0v) is 18.4. The number of para-hydroxylation sites is 2. The molecule has 6 nitrogen and oxygen atoms in total. The van der Waals surface area contributed by atoms with Crippen LogP contribution in [0.25, 0.3) is 0 Å². The summed E-state index contributed by atoms with van der Waals surface area (Å²) in [5.41, 5.74) is 3.34. The molecule has 0 N–H and O–H groups in total. The van der Waals surface area contributed by atoms with E-state index in [4.69, 9.17) is 4.74 Å². The number of hydrogen-bond acceptors (Lipinski definition) is 4. The number of carbonyl (C=O) groups excluding carboxylic acids is 2. The number of nitrogens with zero attached hydrogens (tertiary/aromatic N) is 3. The maximum atomic E-state index is 13.0. The molecular formula is C25H31N3O3. The molecule has 2 aromatic rings. The van der Waals surface area contributed by atoms with Crippen molar-refractivity contribution in [2.75, 3.05) is 44.2 Å². The second kappa shape index (κ2) is 9.52. The van der Waals surface area contributed by atoms with Gasteiger partial charge in [-0.25, -0.2) is 0 Å². The third-order valence-electron chi connectivity index (χ3n) is 6.10. The summed E-state index contributed by atoms with van der Waals surface area (Å²) in [6.07, 6.45) is 0.283. The molecule has 31 heavy (non-hydrogen) atoms.